The average Bonchev–Trinajstić information content (AvgIpc) is 2.54. The predicted octanol–water partition coefficient (Wildman–Crippen LogP) is 2.62. The van der Waals surface area contributed by atoms with E-state index in [1.54, 1.807) is 21.3 Å². The number of benzene rings is 1. The van der Waals surface area contributed by atoms with E-state index < -0.39 is 0 Å². The second-order valence-electron chi connectivity index (χ2n) is 5.70. The molecule has 1 aromatic carbocycles. The lowest BCUT2D eigenvalue weighted by atomic mass is 9.96. The van der Waals surface area contributed by atoms with Crippen LogP contribution in [-0.2, 0) is 11.3 Å². The Labute approximate surface area is 132 Å². The van der Waals surface area contributed by atoms with Crippen LogP contribution in [0.25, 0.3) is 0 Å². The lowest BCUT2D eigenvalue weighted by Gasteiger charge is -2.27. The van der Waals surface area contributed by atoms with Gasteiger partial charge in [-0.05, 0) is 38.3 Å². The van der Waals surface area contributed by atoms with Crippen molar-refractivity contribution in [2.45, 2.75) is 32.4 Å². The number of ether oxygens (including phenoxy) is 4. The molecule has 22 heavy (non-hydrogen) atoms. The fourth-order valence-corrected chi connectivity index (χ4v) is 2.99. The van der Waals surface area contributed by atoms with E-state index in [4.69, 9.17) is 18.9 Å². The van der Waals surface area contributed by atoms with Crippen molar-refractivity contribution in [2.24, 2.45) is 5.92 Å². The van der Waals surface area contributed by atoms with Gasteiger partial charge in [0.2, 0.25) is 5.75 Å². The third-order valence-electron chi connectivity index (χ3n) is 4.13. The van der Waals surface area contributed by atoms with Crippen LogP contribution in [0.15, 0.2) is 12.1 Å². The SMILES string of the molecule is COc1ccc(CNC[C@@H]2CCO[C@H](C)C2)c(OC)c1OC. The maximum Gasteiger partial charge on any atom is 0.203 e. The standard InChI is InChI=1S/C17H27NO4/c1-12-9-13(7-8-22-12)10-18-11-14-5-6-15(19-2)17(21-4)16(14)20-3/h5-6,12-13,18H,7-11H2,1-4H3/t12-,13-/m1/s1. The quantitative estimate of drug-likeness (QED) is 0.839. The Bertz CT molecular complexity index is 478. The van der Waals surface area contributed by atoms with Crippen LogP contribution in [0.3, 0.4) is 0 Å². The van der Waals surface area contributed by atoms with Crippen LogP contribution in [0.5, 0.6) is 17.2 Å². The minimum absolute atomic E-state index is 0.371. The van der Waals surface area contributed by atoms with Gasteiger partial charge in [0.1, 0.15) is 0 Å². The van der Waals surface area contributed by atoms with Crippen molar-refractivity contribution in [3.63, 3.8) is 0 Å². The topological polar surface area (TPSA) is 49.0 Å². The maximum atomic E-state index is 5.59. The lowest BCUT2D eigenvalue weighted by Crippen LogP contribution is -2.31. The number of rotatable bonds is 7. The average molecular weight is 309 g/mol. The van der Waals surface area contributed by atoms with E-state index in [-0.39, 0.29) is 0 Å². The summed E-state index contributed by atoms with van der Waals surface area (Å²) in [4.78, 5) is 0. The van der Waals surface area contributed by atoms with Crippen LogP contribution < -0.4 is 19.5 Å². The third-order valence-corrected chi connectivity index (χ3v) is 4.13. The highest BCUT2D eigenvalue weighted by Crippen LogP contribution is 2.39. The van der Waals surface area contributed by atoms with Crippen LogP contribution >= 0.6 is 0 Å². The van der Waals surface area contributed by atoms with Crippen molar-refractivity contribution in [1.82, 2.24) is 5.32 Å². The first-order valence-corrected chi connectivity index (χ1v) is 7.79. The van der Waals surface area contributed by atoms with E-state index in [1.165, 1.54) is 0 Å². The molecule has 1 aliphatic rings. The van der Waals surface area contributed by atoms with Gasteiger partial charge in [-0.25, -0.2) is 0 Å². The summed E-state index contributed by atoms with van der Waals surface area (Å²) in [6.07, 6.45) is 2.62. The first kappa shape index (κ1) is 16.9. The van der Waals surface area contributed by atoms with Gasteiger partial charge < -0.3 is 24.3 Å². The van der Waals surface area contributed by atoms with Gasteiger partial charge in [-0.3, -0.25) is 0 Å². The molecule has 1 heterocycles. The number of methoxy groups -OCH3 is 3. The highest BCUT2D eigenvalue weighted by molar-refractivity contribution is 5.55. The normalized spacial score (nSPS) is 21.5. The zero-order valence-corrected chi connectivity index (χ0v) is 14.0. The summed E-state index contributed by atoms with van der Waals surface area (Å²) in [5.74, 6) is 2.73. The summed E-state index contributed by atoms with van der Waals surface area (Å²) in [5, 5.41) is 3.52. The molecule has 0 unspecified atom stereocenters. The Balaban J connectivity index is 1.97. The Morgan fingerprint density at radius 2 is 1.91 bits per heavy atom. The van der Waals surface area contributed by atoms with Crippen molar-refractivity contribution in [3.05, 3.63) is 17.7 Å². The third kappa shape index (κ3) is 4.05. The van der Waals surface area contributed by atoms with Crippen LogP contribution in [0.2, 0.25) is 0 Å². The maximum absolute atomic E-state index is 5.59. The molecule has 1 N–H and O–H groups in total. The smallest absolute Gasteiger partial charge is 0.203 e. The monoisotopic (exact) mass is 309 g/mol. The molecule has 5 nitrogen and oxygen atoms in total. The number of hydrogen-bond acceptors (Lipinski definition) is 5. The van der Waals surface area contributed by atoms with Gasteiger partial charge in [-0.2, -0.15) is 0 Å². The minimum Gasteiger partial charge on any atom is -0.493 e. The van der Waals surface area contributed by atoms with E-state index in [9.17, 15) is 0 Å². The van der Waals surface area contributed by atoms with E-state index in [0.717, 1.165) is 43.9 Å². The van der Waals surface area contributed by atoms with Gasteiger partial charge in [-0.15, -0.1) is 0 Å². The van der Waals surface area contributed by atoms with Crippen LogP contribution in [-0.4, -0.2) is 40.6 Å². The van der Waals surface area contributed by atoms with Crippen molar-refractivity contribution in [1.29, 1.82) is 0 Å². The molecule has 1 fully saturated rings. The molecule has 0 radical (unpaired) electrons. The number of nitrogens with one attached hydrogen (secondary N) is 1. The van der Waals surface area contributed by atoms with Crippen LogP contribution in [0.1, 0.15) is 25.3 Å². The lowest BCUT2D eigenvalue weighted by molar-refractivity contribution is 0.00288. The molecular weight excluding hydrogens is 282 g/mol. The Morgan fingerprint density at radius 3 is 2.55 bits per heavy atom. The largest absolute Gasteiger partial charge is 0.493 e. The molecule has 124 valence electrons. The summed E-state index contributed by atoms with van der Waals surface area (Å²) < 4.78 is 21.8. The summed E-state index contributed by atoms with van der Waals surface area (Å²) in [6.45, 7) is 4.75. The van der Waals surface area contributed by atoms with Crippen molar-refractivity contribution in [2.75, 3.05) is 34.5 Å². The first-order chi connectivity index (χ1) is 10.7. The Hall–Kier alpha value is -1.46. The Morgan fingerprint density at radius 1 is 1.14 bits per heavy atom. The van der Waals surface area contributed by atoms with Crippen LogP contribution in [0, 0.1) is 5.92 Å². The van der Waals surface area contributed by atoms with Gasteiger partial charge in [0.05, 0.1) is 27.4 Å². The van der Waals surface area contributed by atoms with Crippen molar-refractivity contribution >= 4 is 0 Å². The minimum atomic E-state index is 0.371. The highest BCUT2D eigenvalue weighted by atomic mass is 16.5. The van der Waals surface area contributed by atoms with Crippen molar-refractivity contribution < 1.29 is 18.9 Å². The summed E-state index contributed by atoms with van der Waals surface area (Å²) >= 11 is 0. The van der Waals surface area contributed by atoms with E-state index >= 15 is 0 Å². The Kier molecular flexibility index (Phi) is 6.34. The molecule has 2 rings (SSSR count). The molecule has 0 aliphatic carbocycles. The van der Waals surface area contributed by atoms with Crippen LogP contribution in [0.4, 0.5) is 0 Å². The second kappa shape index (κ2) is 8.25. The number of hydrogen-bond donors (Lipinski definition) is 1. The first-order valence-electron chi connectivity index (χ1n) is 7.79. The highest BCUT2D eigenvalue weighted by Gasteiger charge is 2.20. The molecule has 0 spiro atoms. The van der Waals surface area contributed by atoms with Gasteiger partial charge in [0.25, 0.3) is 0 Å². The molecule has 1 aromatic rings. The van der Waals surface area contributed by atoms with Gasteiger partial charge in [0.15, 0.2) is 11.5 Å². The zero-order valence-electron chi connectivity index (χ0n) is 14.0. The molecule has 0 bridgehead atoms. The fraction of sp³-hybridized carbons (Fsp3) is 0.647. The van der Waals surface area contributed by atoms with Gasteiger partial charge in [-0.1, -0.05) is 6.07 Å². The van der Waals surface area contributed by atoms with Gasteiger partial charge in [0, 0.05) is 18.7 Å². The zero-order chi connectivity index (χ0) is 15.9. The molecule has 0 amide bonds. The summed E-state index contributed by atoms with van der Waals surface area (Å²) in [6, 6.07) is 3.93. The van der Waals surface area contributed by atoms with E-state index in [0.29, 0.717) is 23.5 Å². The van der Waals surface area contributed by atoms with E-state index in [2.05, 4.69) is 12.2 Å². The molecule has 0 saturated carbocycles. The molecule has 0 aromatic heterocycles. The summed E-state index contributed by atoms with van der Waals surface area (Å²) in [5.41, 5.74) is 1.07. The summed E-state index contributed by atoms with van der Waals surface area (Å²) in [7, 11) is 4.91. The molecule has 5 heteroatoms. The predicted molar refractivity (Wildman–Crippen MR) is 85.9 cm³/mol. The molecule has 1 saturated heterocycles. The van der Waals surface area contributed by atoms with E-state index in [1.807, 2.05) is 12.1 Å². The van der Waals surface area contributed by atoms with Gasteiger partial charge >= 0.3 is 0 Å². The van der Waals surface area contributed by atoms with Crippen molar-refractivity contribution in [3.8, 4) is 17.2 Å². The second-order valence-corrected chi connectivity index (χ2v) is 5.70. The fourth-order valence-electron chi connectivity index (χ4n) is 2.99. The molecular formula is C17H27NO4. The molecule has 2 atom stereocenters. The molecule has 1 aliphatic heterocycles.